The summed E-state index contributed by atoms with van der Waals surface area (Å²) in [6.07, 6.45) is 1.66. The molecule has 0 bridgehead atoms. The van der Waals surface area contributed by atoms with E-state index in [1.807, 2.05) is 43.3 Å². The number of carbonyl (C=O) groups excluding carboxylic acids is 1. The van der Waals surface area contributed by atoms with Crippen molar-refractivity contribution in [2.45, 2.75) is 10.9 Å². The smallest absolute Gasteiger partial charge is 0.230 e. The van der Waals surface area contributed by atoms with E-state index in [4.69, 9.17) is 4.42 Å². The first-order valence-corrected chi connectivity index (χ1v) is 9.20. The number of furan rings is 1. The maximum atomic E-state index is 12.2. The zero-order chi connectivity index (χ0) is 17.6. The van der Waals surface area contributed by atoms with E-state index < -0.39 is 0 Å². The monoisotopic (exact) mass is 354 g/mol. The topological polar surface area (TPSA) is 45.5 Å². The molecule has 1 heterocycles. The number of rotatable bonds is 7. The minimum Gasteiger partial charge on any atom is -0.468 e. The lowest BCUT2D eigenvalue weighted by atomic mass is 10.1. The van der Waals surface area contributed by atoms with Crippen molar-refractivity contribution in [3.05, 3.63) is 66.6 Å². The number of fused-ring (bicyclic) bond motifs is 1. The summed E-state index contributed by atoms with van der Waals surface area (Å²) in [5.74, 6) is 1.28. The zero-order valence-electron chi connectivity index (χ0n) is 14.4. The number of nitrogens with zero attached hydrogens (tertiary/aromatic N) is 1. The molecule has 0 saturated heterocycles. The Labute approximate surface area is 152 Å². The Morgan fingerprint density at radius 2 is 1.92 bits per heavy atom. The molecule has 0 saturated carbocycles. The van der Waals surface area contributed by atoms with Crippen LogP contribution >= 0.6 is 11.8 Å². The third-order valence-electron chi connectivity index (χ3n) is 4.08. The Hall–Kier alpha value is -2.24. The van der Waals surface area contributed by atoms with Crippen molar-refractivity contribution >= 4 is 28.4 Å². The van der Waals surface area contributed by atoms with Crippen LogP contribution in [0.1, 0.15) is 11.8 Å². The van der Waals surface area contributed by atoms with Gasteiger partial charge >= 0.3 is 0 Å². The highest BCUT2D eigenvalue weighted by molar-refractivity contribution is 8.00. The van der Waals surface area contributed by atoms with Gasteiger partial charge in [0.25, 0.3) is 0 Å². The number of hydrogen-bond donors (Lipinski definition) is 1. The number of carbonyl (C=O) groups is 1. The summed E-state index contributed by atoms with van der Waals surface area (Å²) < 4.78 is 5.46. The lowest BCUT2D eigenvalue weighted by Gasteiger charge is -2.22. The van der Waals surface area contributed by atoms with E-state index >= 15 is 0 Å². The molecule has 2 aromatic carbocycles. The van der Waals surface area contributed by atoms with Crippen LogP contribution in [0.3, 0.4) is 0 Å². The fourth-order valence-electron chi connectivity index (χ4n) is 2.69. The SMILES string of the molecule is CN(C)C(CNC(=O)CSc1ccc2ccccc2c1)c1ccco1. The molecule has 0 aliphatic heterocycles. The van der Waals surface area contributed by atoms with E-state index in [2.05, 4.69) is 35.6 Å². The van der Waals surface area contributed by atoms with Gasteiger partial charge in [0.05, 0.1) is 18.1 Å². The van der Waals surface area contributed by atoms with Crippen molar-refractivity contribution < 1.29 is 9.21 Å². The van der Waals surface area contributed by atoms with Gasteiger partial charge in [-0.1, -0.05) is 30.3 Å². The van der Waals surface area contributed by atoms with Gasteiger partial charge in [0, 0.05) is 11.4 Å². The molecule has 0 aliphatic rings. The van der Waals surface area contributed by atoms with E-state index in [1.54, 1.807) is 18.0 Å². The number of thioether (sulfide) groups is 1. The van der Waals surface area contributed by atoms with Gasteiger partial charge in [-0.15, -0.1) is 11.8 Å². The van der Waals surface area contributed by atoms with Crippen molar-refractivity contribution in [3.63, 3.8) is 0 Å². The number of hydrogen-bond acceptors (Lipinski definition) is 4. The normalized spacial score (nSPS) is 12.4. The predicted molar refractivity (Wildman–Crippen MR) is 103 cm³/mol. The number of nitrogens with one attached hydrogen (secondary N) is 1. The second-order valence-corrected chi connectivity index (χ2v) is 7.15. The molecule has 130 valence electrons. The number of amides is 1. The maximum Gasteiger partial charge on any atom is 0.230 e. The minimum absolute atomic E-state index is 0.0246. The fourth-order valence-corrected chi connectivity index (χ4v) is 3.46. The Bertz CT molecular complexity index is 831. The van der Waals surface area contributed by atoms with Crippen molar-refractivity contribution in [3.8, 4) is 0 Å². The Balaban J connectivity index is 1.53. The number of likely N-dealkylation sites (N-methyl/N-ethyl adjacent to an activating group) is 1. The summed E-state index contributed by atoms with van der Waals surface area (Å²) >= 11 is 1.55. The van der Waals surface area contributed by atoms with E-state index in [-0.39, 0.29) is 11.9 Å². The van der Waals surface area contributed by atoms with Crippen LogP contribution in [-0.2, 0) is 4.79 Å². The summed E-state index contributed by atoms with van der Waals surface area (Å²) in [4.78, 5) is 15.3. The summed E-state index contributed by atoms with van der Waals surface area (Å²) in [6.45, 7) is 0.525. The highest BCUT2D eigenvalue weighted by atomic mass is 32.2. The van der Waals surface area contributed by atoms with Gasteiger partial charge in [-0.25, -0.2) is 0 Å². The van der Waals surface area contributed by atoms with Crippen LogP contribution in [0, 0.1) is 0 Å². The van der Waals surface area contributed by atoms with Gasteiger partial charge in [0.2, 0.25) is 5.91 Å². The van der Waals surface area contributed by atoms with Gasteiger partial charge in [0.15, 0.2) is 0 Å². The molecule has 3 rings (SSSR count). The van der Waals surface area contributed by atoms with Crippen molar-refractivity contribution in [2.24, 2.45) is 0 Å². The Morgan fingerprint density at radius 3 is 2.64 bits per heavy atom. The molecule has 1 N–H and O–H groups in total. The molecule has 1 amide bonds. The van der Waals surface area contributed by atoms with Gasteiger partial charge in [-0.2, -0.15) is 0 Å². The third kappa shape index (κ3) is 4.65. The fraction of sp³-hybridized carbons (Fsp3) is 0.250. The van der Waals surface area contributed by atoms with Crippen molar-refractivity contribution in [1.82, 2.24) is 10.2 Å². The first-order chi connectivity index (χ1) is 12.1. The molecule has 1 atom stereocenters. The van der Waals surface area contributed by atoms with E-state index in [1.165, 1.54) is 10.8 Å². The maximum absolute atomic E-state index is 12.2. The van der Waals surface area contributed by atoms with E-state index in [9.17, 15) is 4.79 Å². The van der Waals surface area contributed by atoms with Gasteiger partial charge in [0.1, 0.15) is 5.76 Å². The lowest BCUT2D eigenvalue weighted by molar-refractivity contribution is -0.118. The summed E-state index contributed by atoms with van der Waals surface area (Å²) in [7, 11) is 3.95. The number of benzene rings is 2. The molecule has 1 unspecified atom stereocenters. The highest BCUT2D eigenvalue weighted by Crippen LogP contribution is 2.23. The second kappa shape index (κ2) is 8.23. The van der Waals surface area contributed by atoms with Crippen LogP contribution < -0.4 is 5.32 Å². The molecular formula is C20H22N2O2S. The van der Waals surface area contributed by atoms with Crippen LogP contribution in [0.5, 0.6) is 0 Å². The highest BCUT2D eigenvalue weighted by Gasteiger charge is 2.17. The van der Waals surface area contributed by atoms with Gasteiger partial charge in [-0.05, 0) is 49.1 Å². The van der Waals surface area contributed by atoms with Crippen molar-refractivity contribution in [1.29, 1.82) is 0 Å². The first-order valence-electron chi connectivity index (χ1n) is 8.21. The Kier molecular flexibility index (Phi) is 5.79. The quantitative estimate of drug-likeness (QED) is 0.653. The minimum atomic E-state index is 0.0246. The van der Waals surface area contributed by atoms with E-state index in [0.29, 0.717) is 12.3 Å². The van der Waals surface area contributed by atoms with Crippen molar-refractivity contribution in [2.75, 3.05) is 26.4 Å². The second-order valence-electron chi connectivity index (χ2n) is 6.10. The summed E-state index contributed by atoms with van der Waals surface area (Å²) in [6, 6.07) is 18.3. The summed E-state index contributed by atoms with van der Waals surface area (Å²) in [5.41, 5.74) is 0. The molecule has 25 heavy (non-hydrogen) atoms. The molecule has 0 fully saturated rings. The lowest BCUT2D eigenvalue weighted by Crippen LogP contribution is -2.35. The zero-order valence-corrected chi connectivity index (χ0v) is 15.3. The van der Waals surface area contributed by atoms with Crippen LogP contribution in [0.15, 0.2) is 70.2 Å². The molecule has 5 heteroatoms. The average molecular weight is 354 g/mol. The standard InChI is InChI=1S/C20H22N2O2S/c1-22(2)18(19-8-5-11-24-19)13-21-20(23)14-25-17-10-9-15-6-3-4-7-16(15)12-17/h3-12,18H,13-14H2,1-2H3,(H,21,23). The molecule has 3 aromatic rings. The molecular weight excluding hydrogens is 332 g/mol. The predicted octanol–water partition coefficient (Wildman–Crippen LogP) is 3.94. The van der Waals surface area contributed by atoms with Crippen LogP contribution in [0.2, 0.25) is 0 Å². The van der Waals surface area contributed by atoms with Crippen LogP contribution in [0.4, 0.5) is 0 Å². The first kappa shape index (κ1) is 17.6. The third-order valence-corrected chi connectivity index (χ3v) is 5.07. The van der Waals surface area contributed by atoms with Gasteiger partial charge in [-0.3, -0.25) is 9.69 Å². The molecule has 0 spiro atoms. The Morgan fingerprint density at radius 1 is 1.12 bits per heavy atom. The molecule has 0 aliphatic carbocycles. The van der Waals surface area contributed by atoms with Crippen LogP contribution in [0.25, 0.3) is 10.8 Å². The molecule has 1 aromatic heterocycles. The summed E-state index contributed by atoms with van der Waals surface area (Å²) in [5, 5.41) is 5.40. The molecule has 0 radical (unpaired) electrons. The van der Waals surface area contributed by atoms with Gasteiger partial charge < -0.3 is 9.73 Å². The van der Waals surface area contributed by atoms with Crippen LogP contribution in [-0.4, -0.2) is 37.2 Å². The van der Waals surface area contributed by atoms with E-state index in [0.717, 1.165) is 10.7 Å². The molecule has 4 nitrogen and oxygen atoms in total. The average Bonchev–Trinajstić information content (AvgIpc) is 3.14. The largest absolute Gasteiger partial charge is 0.468 e.